The van der Waals surface area contributed by atoms with Gasteiger partial charge in [0.25, 0.3) is 0 Å². The lowest BCUT2D eigenvalue weighted by Crippen LogP contribution is -2.42. The van der Waals surface area contributed by atoms with E-state index in [0.29, 0.717) is 12.0 Å². The summed E-state index contributed by atoms with van der Waals surface area (Å²) in [6.45, 7) is 6.15. The fourth-order valence-electron chi connectivity index (χ4n) is 3.18. The summed E-state index contributed by atoms with van der Waals surface area (Å²) in [6, 6.07) is 9.22. The lowest BCUT2D eigenvalue weighted by molar-refractivity contribution is 0.392. The zero-order chi connectivity index (χ0) is 13.9. The van der Waals surface area contributed by atoms with Crippen LogP contribution in [0.5, 0.6) is 0 Å². The molecule has 0 saturated heterocycles. The summed E-state index contributed by atoms with van der Waals surface area (Å²) in [6.07, 6.45) is 3.78. The zero-order valence-electron chi connectivity index (χ0n) is 12.2. The van der Waals surface area contributed by atoms with Crippen molar-refractivity contribution in [3.05, 3.63) is 47.5 Å². The Morgan fingerprint density at radius 1 is 1.35 bits per heavy atom. The molecule has 1 heterocycles. The van der Waals surface area contributed by atoms with E-state index in [4.69, 9.17) is 0 Å². The zero-order valence-corrected chi connectivity index (χ0v) is 12.2. The van der Waals surface area contributed by atoms with Crippen molar-refractivity contribution in [3.8, 4) is 0 Å². The minimum atomic E-state index is 0.449. The number of likely N-dealkylation sites (N-methyl/N-ethyl adjacent to an activating group) is 1. The monoisotopic (exact) mass is 270 g/mol. The lowest BCUT2D eigenvalue weighted by atomic mass is 9.72. The second-order valence-electron chi connectivity index (χ2n) is 5.37. The molecule has 0 fully saturated rings. The van der Waals surface area contributed by atoms with Gasteiger partial charge in [-0.15, -0.1) is 0 Å². The van der Waals surface area contributed by atoms with Crippen LogP contribution in [0.15, 0.2) is 30.6 Å². The molecular weight excluding hydrogens is 248 g/mol. The van der Waals surface area contributed by atoms with Crippen LogP contribution in [0.4, 0.5) is 0 Å². The maximum Gasteiger partial charge on any atom is 0.138 e. The fourth-order valence-corrected chi connectivity index (χ4v) is 3.18. The SMILES string of the molecule is CCNC(Cc1ncnn1CC)C1Cc2ccccc21. The fraction of sp³-hybridized carbons (Fsp3) is 0.500. The predicted octanol–water partition coefficient (Wildman–Crippen LogP) is 2.16. The molecule has 1 aliphatic rings. The Morgan fingerprint density at radius 3 is 2.95 bits per heavy atom. The molecule has 0 amide bonds. The third kappa shape index (κ3) is 2.36. The van der Waals surface area contributed by atoms with E-state index in [2.05, 4.69) is 53.5 Å². The average molecular weight is 270 g/mol. The number of hydrogen-bond donors (Lipinski definition) is 1. The first-order valence-electron chi connectivity index (χ1n) is 7.51. The van der Waals surface area contributed by atoms with Crippen LogP contribution in [-0.4, -0.2) is 27.4 Å². The largest absolute Gasteiger partial charge is 0.313 e. The molecule has 4 heteroatoms. The standard InChI is InChI=1S/C16H22N4/c1-3-17-15(10-16-18-11-19-20(16)4-2)14-9-12-7-5-6-8-13(12)14/h5-8,11,14-15,17H,3-4,9-10H2,1-2H3. The number of benzene rings is 1. The second-order valence-corrected chi connectivity index (χ2v) is 5.37. The van der Waals surface area contributed by atoms with Gasteiger partial charge in [-0.1, -0.05) is 31.2 Å². The Labute approximate surface area is 120 Å². The molecule has 3 rings (SSSR count). The first-order chi connectivity index (χ1) is 9.83. The van der Waals surface area contributed by atoms with Gasteiger partial charge in [-0.2, -0.15) is 5.10 Å². The topological polar surface area (TPSA) is 42.7 Å². The molecule has 2 aromatic rings. The van der Waals surface area contributed by atoms with E-state index < -0.39 is 0 Å². The lowest BCUT2D eigenvalue weighted by Gasteiger charge is -2.37. The van der Waals surface area contributed by atoms with Crippen molar-refractivity contribution in [2.45, 2.75) is 45.2 Å². The third-order valence-corrected chi connectivity index (χ3v) is 4.24. The molecule has 1 aromatic heterocycles. The summed E-state index contributed by atoms with van der Waals surface area (Å²) in [5.74, 6) is 1.69. The van der Waals surface area contributed by atoms with E-state index in [1.165, 1.54) is 17.5 Å². The van der Waals surface area contributed by atoms with Gasteiger partial charge in [0.2, 0.25) is 0 Å². The van der Waals surface area contributed by atoms with Crippen LogP contribution >= 0.6 is 0 Å². The first-order valence-corrected chi connectivity index (χ1v) is 7.51. The van der Waals surface area contributed by atoms with Crippen LogP contribution < -0.4 is 5.32 Å². The van der Waals surface area contributed by atoms with Gasteiger partial charge in [-0.25, -0.2) is 4.98 Å². The number of rotatable bonds is 6. The molecule has 1 aromatic carbocycles. The normalized spacial score (nSPS) is 18.4. The molecule has 106 valence electrons. The molecule has 0 bridgehead atoms. The summed E-state index contributed by atoms with van der Waals surface area (Å²) in [5, 5.41) is 7.91. The highest BCUT2D eigenvalue weighted by molar-refractivity contribution is 5.41. The van der Waals surface area contributed by atoms with Crippen LogP contribution in [0, 0.1) is 0 Å². The minimum Gasteiger partial charge on any atom is -0.313 e. The van der Waals surface area contributed by atoms with Gasteiger partial charge in [0.05, 0.1) is 0 Å². The summed E-state index contributed by atoms with van der Waals surface area (Å²) in [5.41, 5.74) is 3.00. The highest BCUT2D eigenvalue weighted by Crippen LogP contribution is 2.38. The van der Waals surface area contributed by atoms with Gasteiger partial charge >= 0.3 is 0 Å². The summed E-state index contributed by atoms with van der Waals surface area (Å²) < 4.78 is 1.99. The molecule has 1 N–H and O–H groups in total. The Hall–Kier alpha value is -1.68. The summed E-state index contributed by atoms with van der Waals surface area (Å²) >= 11 is 0. The van der Waals surface area contributed by atoms with Crippen LogP contribution in [0.3, 0.4) is 0 Å². The van der Waals surface area contributed by atoms with Crippen molar-refractivity contribution in [1.29, 1.82) is 0 Å². The smallest absolute Gasteiger partial charge is 0.138 e. The summed E-state index contributed by atoms with van der Waals surface area (Å²) in [4.78, 5) is 4.42. The molecule has 0 spiro atoms. The number of nitrogens with one attached hydrogen (secondary N) is 1. The maximum absolute atomic E-state index is 4.42. The molecule has 2 unspecified atom stereocenters. The number of aryl methyl sites for hydroxylation is 1. The number of nitrogens with zero attached hydrogens (tertiary/aromatic N) is 3. The Morgan fingerprint density at radius 2 is 2.20 bits per heavy atom. The summed E-state index contributed by atoms with van der Waals surface area (Å²) in [7, 11) is 0. The van der Waals surface area contributed by atoms with Crippen molar-refractivity contribution in [3.63, 3.8) is 0 Å². The first kappa shape index (κ1) is 13.3. The van der Waals surface area contributed by atoms with Crippen molar-refractivity contribution >= 4 is 0 Å². The van der Waals surface area contributed by atoms with E-state index in [1.54, 1.807) is 6.33 Å². The number of fused-ring (bicyclic) bond motifs is 1. The predicted molar refractivity (Wildman–Crippen MR) is 79.8 cm³/mol. The molecule has 0 saturated carbocycles. The average Bonchev–Trinajstić information content (AvgIpc) is 2.87. The van der Waals surface area contributed by atoms with Crippen LogP contribution in [-0.2, 0) is 19.4 Å². The number of hydrogen-bond acceptors (Lipinski definition) is 3. The van der Waals surface area contributed by atoms with Crippen LogP contribution in [0.1, 0.15) is 36.7 Å². The second kappa shape index (κ2) is 5.75. The van der Waals surface area contributed by atoms with E-state index in [1.807, 2.05) is 4.68 Å². The molecular formula is C16H22N4. The molecule has 1 aliphatic carbocycles. The number of aromatic nitrogens is 3. The van der Waals surface area contributed by atoms with Crippen molar-refractivity contribution in [2.24, 2.45) is 0 Å². The van der Waals surface area contributed by atoms with Gasteiger partial charge in [-0.3, -0.25) is 4.68 Å². The highest BCUT2D eigenvalue weighted by Gasteiger charge is 2.33. The third-order valence-electron chi connectivity index (χ3n) is 4.24. The molecule has 4 nitrogen and oxygen atoms in total. The Bertz CT molecular complexity index is 575. The minimum absolute atomic E-state index is 0.449. The molecule has 0 radical (unpaired) electrons. The Balaban J connectivity index is 1.77. The van der Waals surface area contributed by atoms with Crippen molar-refractivity contribution in [2.75, 3.05) is 6.54 Å². The van der Waals surface area contributed by atoms with Gasteiger partial charge in [0.1, 0.15) is 12.2 Å². The highest BCUT2D eigenvalue weighted by atomic mass is 15.3. The quantitative estimate of drug-likeness (QED) is 0.874. The van der Waals surface area contributed by atoms with Crippen molar-refractivity contribution in [1.82, 2.24) is 20.1 Å². The molecule has 20 heavy (non-hydrogen) atoms. The molecule has 0 aliphatic heterocycles. The van der Waals surface area contributed by atoms with Gasteiger partial charge in [-0.05, 0) is 31.0 Å². The van der Waals surface area contributed by atoms with Crippen LogP contribution in [0.2, 0.25) is 0 Å². The van der Waals surface area contributed by atoms with Gasteiger partial charge in [0.15, 0.2) is 0 Å². The maximum atomic E-state index is 4.42. The van der Waals surface area contributed by atoms with Gasteiger partial charge < -0.3 is 5.32 Å². The Kier molecular flexibility index (Phi) is 3.83. The van der Waals surface area contributed by atoms with Gasteiger partial charge in [0, 0.05) is 24.9 Å². The van der Waals surface area contributed by atoms with E-state index in [9.17, 15) is 0 Å². The van der Waals surface area contributed by atoms with Crippen molar-refractivity contribution < 1.29 is 0 Å². The molecule has 2 atom stereocenters. The van der Waals surface area contributed by atoms with Crippen LogP contribution in [0.25, 0.3) is 0 Å². The van der Waals surface area contributed by atoms with E-state index in [0.717, 1.165) is 25.3 Å². The van der Waals surface area contributed by atoms with E-state index >= 15 is 0 Å². The van der Waals surface area contributed by atoms with E-state index in [-0.39, 0.29) is 0 Å².